The molecule has 1 fully saturated rings. The first kappa shape index (κ1) is 14.7. The molecule has 1 unspecified atom stereocenters. The van der Waals surface area contributed by atoms with Crippen LogP contribution in [-0.4, -0.2) is 28.7 Å². The number of amides is 1. The van der Waals surface area contributed by atoms with Gasteiger partial charge in [-0.05, 0) is 18.9 Å². The molecule has 1 N–H and O–H groups in total. The van der Waals surface area contributed by atoms with E-state index in [-0.39, 0.29) is 17.9 Å². The Hall–Kier alpha value is -1.71. The molecule has 0 saturated carbocycles. The zero-order valence-corrected chi connectivity index (χ0v) is 12.0. The SMILES string of the molecule is CCCCCCC1CN(Cc2ccccc2O)C(=O)O1. The van der Waals surface area contributed by atoms with Crippen LogP contribution in [0.15, 0.2) is 24.3 Å². The zero-order chi connectivity index (χ0) is 14.4. The second-order valence-corrected chi connectivity index (χ2v) is 5.36. The fourth-order valence-corrected chi connectivity index (χ4v) is 2.50. The summed E-state index contributed by atoms with van der Waals surface area (Å²) in [5.74, 6) is 0.228. The van der Waals surface area contributed by atoms with Crippen LogP contribution in [0.1, 0.15) is 44.6 Å². The van der Waals surface area contributed by atoms with Crippen LogP contribution in [0, 0.1) is 0 Å². The van der Waals surface area contributed by atoms with Crippen molar-refractivity contribution in [3.63, 3.8) is 0 Å². The minimum Gasteiger partial charge on any atom is -0.508 e. The predicted octanol–water partition coefficient (Wildman–Crippen LogP) is 3.68. The van der Waals surface area contributed by atoms with E-state index < -0.39 is 0 Å². The fraction of sp³-hybridized carbons (Fsp3) is 0.562. The summed E-state index contributed by atoms with van der Waals surface area (Å²) in [6.45, 7) is 3.22. The van der Waals surface area contributed by atoms with Crippen molar-refractivity contribution < 1.29 is 14.6 Å². The summed E-state index contributed by atoms with van der Waals surface area (Å²) in [5, 5.41) is 9.74. The molecule has 1 saturated heterocycles. The number of carbonyl (C=O) groups is 1. The molecule has 1 atom stereocenters. The molecule has 0 bridgehead atoms. The van der Waals surface area contributed by atoms with Crippen molar-refractivity contribution >= 4 is 6.09 Å². The maximum atomic E-state index is 11.8. The Labute approximate surface area is 120 Å². The van der Waals surface area contributed by atoms with E-state index in [2.05, 4.69) is 6.92 Å². The van der Waals surface area contributed by atoms with Crippen LogP contribution in [0.4, 0.5) is 4.79 Å². The second-order valence-electron chi connectivity index (χ2n) is 5.36. The predicted molar refractivity (Wildman–Crippen MR) is 77.5 cm³/mol. The van der Waals surface area contributed by atoms with Gasteiger partial charge >= 0.3 is 6.09 Å². The molecule has 4 nitrogen and oxygen atoms in total. The summed E-state index contributed by atoms with van der Waals surface area (Å²) in [6.07, 6.45) is 5.43. The molecule has 2 rings (SSSR count). The molecule has 1 aliphatic heterocycles. The van der Waals surface area contributed by atoms with E-state index in [1.165, 1.54) is 19.3 Å². The van der Waals surface area contributed by atoms with Crippen molar-refractivity contribution in [3.05, 3.63) is 29.8 Å². The molecule has 4 heteroatoms. The van der Waals surface area contributed by atoms with Gasteiger partial charge in [0.1, 0.15) is 11.9 Å². The largest absolute Gasteiger partial charge is 0.508 e. The Morgan fingerprint density at radius 3 is 2.85 bits per heavy atom. The molecule has 110 valence electrons. The highest BCUT2D eigenvalue weighted by Crippen LogP contribution is 2.23. The monoisotopic (exact) mass is 277 g/mol. The maximum Gasteiger partial charge on any atom is 0.410 e. The second kappa shape index (κ2) is 7.17. The highest BCUT2D eigenvalue weighted by molar-refractivity contribution is 5.70. The Balaban J connectivity index is 1.82. The van der Waals surface area contributed by atoms with Gasteiger partial charge in [0.2, 0.25) is 0 Å². The molecule has 0 spiro atoms. The number of carbonyl (C=O) groups excluding carboxylic acids is 1. The quantitative estimate of drug-likeness (QED) is 0.773. The van der Waals surface area contributed by atoms with Gasteiger partial charge in [-0.1, -0.05) is 44.4 Å². The molecule has 1 amide bonds. The molecular formula is C16H23NO3. The highest BCUT2D eigenvalue weighted by Gasteiger charge is 2.30. The number of cyclic esters (lactones) is 1. The lowest BCUT2D eigenvalue weighted by molar-refractivity contribution is 0.127. The maximum absolute atomic E-state index is 11.8. The summed E-state index contributed by atoms with van der Waals surface area (Å²) in [5.41, 5.74) is 0.760. The third kappa shape index (κ3) is 3.89. The summed E-state index contributed by atoms with van der Waals surface area (Å²) in [7, 11) is 0. The first-order valence-electron chi connectivity index (χ1n) is 7.43. The number of ether oxygens (including phenoxy) is 1. The van der Waals surface area contributed by atoms with Crippen molar-refractivity contribution in [2.45, 2.75) is 51.7 Å². The minimum absolute atomic E-state index is 0.00483. The average molecular weight is 277 g/mol. The Bertz CT molecular complexity index is 447. The van der Waals surface area contributed by atoms with E-state index in [0.29, 0.717) is 13.1 Å². The van der Waals surface area contributed by atoms with Gasteiger partial charge in [-0.2, -0.15) is 0 Å². The topological polar surface area (TPSA) is 49.8 Å². The third-order valence-corrected chi connectivity index (χ3v) is 3.68. The molecular weight excluding hydrogens is 254 g/mol. The number of benzene rings is 1. The Morgan fingerprint density at radius 2 is 2.10 bits per heavy atom. The molecule has 1 aromatic carbocycles. The van der Waals surface area contributed by atoms with E-state index in [1.54, 1.807) is 17.0 Å². The van der Waals surface area contributed by atoms with Crippen molar-refractivity contribution in [1.29, 1.82) is 0 Å². The van der Waals surface area contributed by atoms with E-state index in [4.69, 9.17) is 4.74 Å². The van der Waals surface area contributed by atoms with Gasteiger partial charge in [0.15, 0.2) is 0 Å². The lowest BCUT2D eigenvalue weighted by Gasteiger charge is -2.13. The van der Waals surface area contributed by atoms with E-state index in [9.17, 15) is 9.90 Å². The lowest BCUT2D eigenvalue weighted by Crippen LogP contribution is -2.24. The van der Waals surface area contributed by atoms with Gasteiger partial charge in [0.25, 0.3) is 0 Å². The van der Waals surface area contributed by atoms with Gasteiger partial charge in [-0.3, -0.25) is 0 Å². The smallest absolute Gasteiger partial charge is 0.410 e. The molecule has 20 heavy (non-hydrogen) atoms. The summed E-state index contributed by atoms with van der Waals surface area (Å²) in [4.78, 5) is 13.5. The van der Waals surface area contributed by atoms with Crippen molar-refractivity contribution in [2.75, 3.05) is 6.54 Å². The summed E-state index contributed by atoms with van der Waals surface area (Å²) >= 11 is 0. The molecule has 1 heterocycles. The van der Waals surface area contributed by atoms with Gasteiger partial charge in [0.05, 0.1) is 13.1 Å². The molecule has 1 aromatic rings. The summed E-state index contributed by atoms with van der Waals surface area (Å²) < 4.78 is 5.37. The number of hydrogen-bond donors (Lipinski definition) is 1. The number of para-hydroxylation sites is 1. The van der Waals surface area contributed by atoms with Gasteiger partial charge < -0.3 is 14.7 Å². The van der Waals surface area contributed by atoms with Crippen molar-refractivity contribution in [3.8, 4) is 5.75 Å². The van der Waals surface area contributed by atoms with E-state index in [0.717, 1.165) is 18.4 Å². The Morgan fingerprint density at radius 1 is 1.30 bits per heavy atom. The number of hydrogen-bond acceptors (Lipinski definition) is 3. The fourth-order valence-electron chi connectivity index (χ4n) is 2.50. The third-order valence-electron chi connectivity index (χ3n) is 3.68. The molecule has 0 radical (unpaired) electrons. The first-order valence-corrected chi connectivity index (χ1v) is 7.43. The Kier molecular flexibility index (Phi) is 5.27. The lowest BCUT2D eigenvalue weighted by atomic mass is 10.1. The molecule has 0 aromatic heterocycles. The average Bonchev–Trinajstić information content (AvgIpc) is 2.78. The van der Waals surface area contributed by atoms with Crippen LogP contribution in [-0.2, 0) is 11.3 Å². The van der Waals surface area contributed by atoms with Crippen LogP contribution in [0.2, 0.25) is 0 Å². The van der Waals surface area contributed by atoms with Gasteiger partial charge in [-0.15, -0.1) is 0 Å². The molecule has 1 aliphatic rings. The number of unbranched alkanes of at least 4 members (excludes halogenated alkanes) is 3. The van der Waals surface area contributed by atoms with Gasteiger partial charge in [0, 0.05) is 5.56 Å². The zero-order valence-electron chi connectivity index (χ0n) is 12.0. The highest BCUT2D eigenvalue weighted by atomic mass is 16.6. The minimum atomic E-state index is -0.270. The number of phenolic OH excluding ortho intramolecular Hbond substituents is 1. The molecule has 0 aliphatic carbocycles. The van der Waals surface area contributed by atoms with Crippen molar-refractivity contribution in [2.24, 2.45) is 0 Å². The van der Waals surface area contributed by atoms with Gasteiger partial charge in [-0.25, -0.2) is 4.79 Å². The van der Waals surface area contributed by atoms with Crippen LogP contribution in [0.25, 0.3) is 0 Å². The number of aromatic hydroxyl groups is 1. The number of nitrogens with zero attached hydrogens (tertiary/aromatic N) is 1. The first-order chi connectivity index (χ1) is 9.70. The summed E-state index contributed by atoms with van der Waals surface area (Å²) in [6, 6.07) is 7.10. The van der Waals surface area contributed by atoms with E-state index in [1.807, 2.05) is 12.1 Å². The van der Waals surface area contributed by atoms with Crippen molar-refractivity contribution in [1.82, 2.24) is 4.90 Å². The normalized spacial score (nSPS) is 18.4. The number of phenols is 1. The van der Waals surface area contributed by atoms with Crippen LogP contribution >= 0.6 is 0 Å². The van der Waals surface area contributed by atoms with Crippen LogP contribution in [0.5, 0.6) is 5.75 Å². The number of rotatable bonds is 7. The van der Waals surface area contributed by atoms with E-state index >= 15 is 0 Å². The van der Waals surface area contributed by atoms with Crippen LogP contribution < -0.4 is 0 Å². The standard InChI is InChI=1S/C16H23NO3/c1-2-3-4-5-9-14-12-17(16(19)20-14)11-13-8-6-7-10-15(13)18/h6-8,10,14,18H,2-5,9,11-12H2,1H3. The van der Waals surface area contributed by atoms with Crippen LogP contribution in [0.3, 0.4) is 0 Å².